The van der Waals surface area contributed by atoms with Crippen LogP contribution < -0.4 is 15.6 Å². The highest BCUT2D eigenvalue weighted by Crippen LogP contribution is 2.42. The van der Waals surface area contributed by atoms with E-state index in [4.69, 9.17) is 36.0 Å². The minimum atomic E-state index is -0.292. The molecule has 1 atom stereocenters. The Morgan fingerprint density at radius 2 is 1.62 bits per heavy atom. The number of aromatic nitrogens is 2. The predicted octanol–water partition coefficient (Wildman–Crippen LogP) is 6.54. The summed E-state index contributed by atoms with van der Waals surface area (Å²) in [6.45, 7) is 0. The number of nitrogens with zero attached hydrogens (tertiary/aromatic N) is 3. The molecule has 0 amide bonds. The van der Waals surface area contributed by atoms with E-state index in [1.54, 1.807) is 6.21 Å². The fourth-order valence-electron chi connectivity index (χ4n) is 3.87. The molecule has 1 aliphatic rings. The molecule has 0 aliphatic carbocycles. The van der Waals surface area contributed by atoms with E-state index in [0.717, 1.165) is 22.4 Å². The monoisotopic (exact) mass is 502 g/mol. The molecule has 0 bridgehead atoms. The second-order valence-electron chi connectivity index (χ2n) is 7.55. The van der Waals surface area contributed by atoms with Gasteiger partial charge in [-0.05, 0) is 59.8 Å². The molecule has 0 fully saturated rings. The molecular weight excluding hydrogens is 484 g/mol. The van der Waals surface area contributed by atoms with Crippen molar-refractivity contribution in [3.05, 3.63) is 111 Å². The van der Waals surface area contributed by atoms with Crippen LogP contribution in [0.15, 0.2) is 90.0 Å². The summed E-state index contributed by atoms with van der Waals surface area (Å²) in [7, 11) is 0. The third-order valence-electron chi connectivity index (χ3n) is 5.36. The lowest BCUT2D eigenvalue weighted by Crippen LogP contribution is -2.43. The third kappa shape index (κ3) is 4.56. The van der Waals surface area contributed by atoms with E-state index >= 15 is 0 Å². The minimum Gasteiger partial charge on any atom is -0.316 e. The molecule has 0 spiro atoms. The highest BCUT2D eigenvalue weighted by atomic mass is 35.5. The van der Waals surface area contributed by atoms with Gasteiger partial charge in [-0.15, -0.1) is 0 Å². The van der Waals surface area contributed by atoms with Crippen LogP contribution in [0.2, 0.25) is 5.02 Å². The van der Waals surface area contributed by atoms with Crippen LogP contribution in [0.3, 0.4) is 0 Å². The van der Waals surface area contributed by atoms with Crippen molar-refractivity contribution in [3.8, 4) is 0 Å². The topological polar surface area (TPSA) is 68.3 Å². The second-order valence-corrected chi connectivity index (χ2v) is 8.76. The van der Waals surface area contributed by atoms with Crippen LogP contribution in [0.1, 0.15) is 22.7 Å². The molecule has 3 aromatic carbocycles. The Morgan fingerprint density at radius 3 is 2.32 bits per heavy atom. The Bertz CT molecular complexity index is 1410. The molecule has 34 heavy (non-hydrogen) atoms. The summed E-state index contributed by atoms with van der Waals surface area (Å²) in [5, 5.41) is 8.85. The second kappa shape index (κ2) is 9.72. The molecule has 1 aliphatic heterocycles. The smallest absolute Gasteiger partial charge is 0.200 e. The zero-order valence-corrected chi connectivity index (χ0v) is 20.2. The molecule has 4 aromatic rings. The number of anilines is 3. The van der Waals surface area contributed by atoms with E-state index in [9.17, 15) is 0 Å². The molecule has 6 nitrogen and oxygen atoms in total. The molecule has 3 N–H and O–H groups in total. The summed E-state index contributed by atoms with van der Waals surface area (Å²) >= 11 is 17.3. The van der Waals surface area contributed by atoms with Crippen molar-refractivity contribution in [1.82, 2.24) is 9.97 Å². The quantitative estimate of drug-likeness (QED) is 0.163. The van der Waals surface area contributed by atoms with Gasteiger partial charge >= 0.3 is 0 Å². The van der Waals surface area contributed by atoms with Gasteiger partial charge in [-0.3, -0.25) is 5.43 Å². The van der Waals surface area contributed by atoms with Gasteiger partial charge in [-0.2, -0.15) is 5.10 Å². The normalized spacial score (nSPS) is 15.1. The highest BCUT2D eigenvalue weighted by molar-refractivity contribution is 7.80. The van der Waals surface area contributed by atoms with Crippen LogP contribution in [-0.4, -0.2) is 21.3 Å². The number of hydrogen-bond donors (Lipinski definition) is 3. The van der Waals surface area contributed by atoms with Gasteiger partial charge in [-0.1, -0.05) is 72.3 Å². The Kier molecular flexibility index (Phi) is 6.35. The maximum absolute atomic E-state index is 6.15. The summed E-state index contributed by atoms with van der Waals surface area (Å²) in [6, 6.07) is 27.2. The number of thiocarbonyl (C=S) groups is 1. The fourth-order valence-corrected chi connectivity index (χ4v) is 4.50. The van der Waals surface area contributed by atoms with Gasteiger partial charge in [-0.25, -0.2) is 4.98 Å². The highest BCUT2D eigenvalue weighted by Gasteiger charge is 2.36. The maximum atomic E-state index is 6.15. The molecule has 0 radical (unpaired) electrons. The maximum Gasteiger partial charge on any atom is 0.200 e. The first-order valence-corrected chi connectivity index (χ1v) is 11.7. The Hall–Kier alpha value is -3.59. The van der Waals surface area contributed by atoms with E-state index in [2.05, 4.69) is 37.9 Å². The van der Waals surface area contributed by atoms with E-state index in [1.165, 1.54) is 0 Å². The van der Waals surface area contributed by atoms with E-state index in [1.807, 2.05) is 77.7 Å². The van der Waals surface area contributed by atoms with Crippen LogP contribution in [0.25, 0.3) is 0 Å². The van der Waals surface area contributed by atoms with Crippen LogP contribution in [-0.2, 0) is 0 Å². The lowest BCUT2D eigenvalue weighted by molar-refractivity contribution is 0.815. The summed E-state index contributed by atoms with van der Waals surface area (Å²) < 4.78 is 0.318. The number of rotatable bonds is 5. The van der Waals surface area contributed by atoms with Crippen molar-refractivity contribution in [2.75, 3.05) is 15.6 Å². The summed E-state index contributed by atoms with van der Waals surface area (Å²) in [5.41, 5.74) is 6.87. The average Bonchev–Trinajstić information content (AvgIpc) is 2.85. The predicted molar refractivity (Wildman–Crippen MR) is 146 cm³/mol. The van der Waals surface area contributed by atoms with Crippen molar-refractivity contribution in [2.45, 2.75) is 6.04 Å². The number of hydrazone groups is 1. The zero-order chi connectivity index (χ0) is 23.5. The number of hydrogen-bond acceptors (Lipinski definition) is 5. The first-order chi connectivity index (χ1) is 16.6. The van der Waals surface area contributed by atoms with Gasteiger partial charge < -0.3 is 15.2 Å². The van der Waals surface area contributed by atoms with E-state index < -0.39 is 0 Å². The number of fused-ring (bicyclic) bond motifs is 1. The Balaban J connectivity index is 1.64. The summed E-state index contributed by atoms with van der Waals surface area (Å²) in [5.74, 6) is 1.22. The van der Waals surface area contributed by atoms with Gasteiger partial charge in [0.25, 0.3) is 0 Å². The van der Waals surface area contributed by atoms with Crippen molar-refractivity contribution < 1.29 is 0 Å². The van der Waals surface area contributed by atoms with Crippen molar-refractivity contribution >= 4 is 64.7 Å². The van der Waals surface area contributed by atoms with Gasteiger partial charge in [0.15, 0.2) is 9.88 Å². The van der Waals surface area contributed by atoms with Crippen LogP contribution >= 0.6 is 36.0 Å². The molecule has 2 heterocycles. The number of aromatic amines is 1. The molecule has 5 rings (SSSR count). The first-order valence-electron chi connectivity index (χ1n) is 10.5. The molecule has 0 saturated heterocycles. The lowest BCUT2D eigenvalue weighted by Gasteiger charge is -2.39. The molecule has 1 unspecified atom stereocenters. The summed E-state index contributed by atoms with van der Waals surface area (Å²) in [6.07, 6.45) is 1.75. The van der Waals surface area contributed by atoms with E-state index in [-0.39, 0.29) is 6.04 Å². The fraction of sp³-hybridized carbons (Fsp3) is 0.0400. The lowest BCUT2D eigenvalue weighted by atomic mass is 9.95. The van der Waals surface area contributed by atoms with Crippen molar-refractivity contribution in [2.24, 2.45) is 5.10 Å². The standard InChI is InChI=1S/C25H19ClN6S2/c26-18-11-13-19(14-12-18)32-21(17-9-5-2-6-10-17)20-22(30-25(32)34)28-24(33)29-23(20)31-27-15-16-7-3-1-4-8-16/h1-15,21H,(H3,28,29,30,31,33,34)/b27-15+. The number of H-pyrrole nitrogens is 1. The SMILES string of the molecule is S=C1Nc2nc(=S)[nH]c(N/N=C/c3ccccc3)c2C(c2ccccc2)N1c1ccc(Cl)cc1. The number of nitrogens with one attached hydrogen (secondary N) is 3. The zero-order valence-electron chi connectivity index (χ0n) is 17.8. The number of halogens is 1. The van der Waals surface area contributed by atoms with Crippen LogP contribution in [0.5, 0.6) is 0 Å². The van der Waals surface area contributed by atoms with Gasteiger partial charge in [0.05, 0.1) is 17.8 Å². The third-order valence-corrected chi connectivity index (χ3v) is 6.10. The number of benzene rings is 3. The van der Waals surface area contributed by atoms with Crippen molar-refractivity contribution in [3.63, 3.8) is 0 Å². The molecule has 168 valence electrons. The Morgan fingerprint density at radius 1 is 0.941 bits per heavy atom. The molecule has 0 saturated carbocycles. The molecule has 1 aromatic heterocycles. The van der Waals surface area contributed by atoms with Gasteiger partial charge in [0, 0.05) is 10.7 Å². The molecular formula is C25H19ClN6S2. The Labute approximate surface area is 212 Å². The van der Waals surface area contributed by atoms with Gasteiger partial charge in [0.2, 0.25) is 0 Å². The van der Waals surface area contributed by atoms with Crippen molar-refractivity contribution in [1.29, 1.82) is 0 Å². The average molecular weight is 503 g/mol. The largest absolute Gasteiger partial charge is 0.316 e. The minimum absolute atomic E-state index is 0.292. The van der Waals surface area contributed by atoms with Crippen LogP contribution in [0.4, 0.5) is 17.3 Å². The van der Waals surface area contributed by atoms with Gasteiger partial charge in [0.1, 0.15) is 11.6 Å². The summed E-state index contributed by atoms with van der Waals surface area (Å²) in [4.78, 5) is 9.73. The first kappa shape index (κ1) is 22.2. The van der Waals surface area contributed by atoms with Crippen LogP contribution in [0, 0.1) is 4.77 Å². The van der Waals surface area contributed by atoms with E-state index in [0.29, 0.717) is 26.5 Å². The molecule has 9 heteroatoms.